The van der Waals surface area contributed by atoms with E-state index in [2.05, 4.69) is 21.1 Å². The first-order valence-electron chi connectivity index (χ1n) is 10.5. The topological polar surface area (TPSA) is 96.9 Å². The van der Waals surface area contributed by atoms with E-state index in [-0.39, 0.29) is 18.1 Å². The van der Waals surface area contributed by atoms with Gasteiger partial charge in [0.05, 0.1) is 42.1 Å². The summed E-state index contributed by atoms with van der Waals surface area (Å²) in [5.41, 5.74) is 2.31. The van der Waals surface area contributed by atoms with Crippen molar-refractivity contribution in [1.82, 2.24) is 19.7 Å². The highest BCUT2D eigenvalue weighted by Gasteiger charge is 2.18. The number of para-hydroxylation sites is 1. The van der Waals surface area contributed by atoms with Crippen LogP contribution < -0.4 is 9.64 Å². The Balaban J connectivity index is 1.52. The van der Waals surface area contributed by atoms with Crippen LogP contribution in [0.5, 0.6) is 5.75 Å². The lowest BCUT2D eigenvalue weighted by Gasteiger charge is -2.22. The van der Waals surface area contributed by atoms with Crippen LogP contribution >= 0.6 is 11.8 Å². The van der Waals surface area contributed by atoms with Crippen LogP contribution in [0, 0.1) is 11.3 Å². The molecule has 2 aromatic heterocycles. The maximum absolute atomic E-state index is 13.1. The smallest absolute Gasteiger partial charge is 0.237 e. The number of carbonyl (C=O) groups is 1. The van der Waals surface area contributed by atoms with E-state index in [4.69, 9.17) is 10.00 Å². The minimum atomic E-state index is -0.110. The fourth-order valence-corrected chi connectivity index (χ4v) is 4.19. The highest BCUT2D eigenvalue weighted by atomic mass is 32.2. The Morgan fingerprint density at radius 2 is 1.94 bits per heavy atom. The zero-order valence-corrected chi connectivity index (χ0v) is 18.9. The Labute approximate surface area is 195 Å². The fourth-order valence-electron chi connectivity index (χ4n) is 3.35. The average molecular weight is 459 g/mol. The van der Waals surface area contributed by atoms with Crippen molar-refractivity contribution < 1.29 is 9.53 Å². The summed E-state index contributed by atoms with van der Waals surface area (Å²) in [6, 6.07) is 19.2. The third kappa shape index (κ3) is 5.13. The molecular formula is C24H22N6O2S. The second-order valence-corrected chi connectivity index (χ2v) is 7.94. The Hall–Kier alpha value is -3.90. The van der Waals surface area contributed by atoms with E-state index in [1.165, 1.54) is 18.1 Å². The summed E-state index contributed by atoms with van der Waals surface area (Å²) in [4.78, 5) is 23.5. The van der Waals surface area contributed by atoms with Crippen molar-refractivity contribution in [1.29, 1.82) is 5.26 Å². The molecule has 0 aliphatic carbocycles. The third-order valence-corrected chi connectivity index (χ3v) is 5.86. The fraction of sp³-hybridized carbons (Fsp3) is 0.208. The zero-order valence-electron chi connectivity index (χ0n) is 18.1. The quantitative estimate of drug-likeness (QED) is 0.273. The first kappa shape index (κ1) is 22.3. The standard InChI is InChI=1S/C24H22N6O2S/c1-2-32-20-11-9-18(10-12-20)29(14-6-13-25)22(31)16-33-24-21-15-28-30(23(21)26-17-27-24)19-7-4-3-5-8-19/h3-5,7-12,15,17H,2,6,14,16H2,1H3. The van der Waals surface area contributed by atoms with E-state index in [9.17, 15) is 4.79 Å². The molecule has 8 nitrogen and oxygen atoms in total. The molecule has 0 spiro atoms. The molecule has 0 aliphatic rings. The summed E-state index contributed by atoms with van der Waals surface area (Å²) < 4.78 is 7.23. The number of aromatic nitrogens is 4. The van der Waals surface area contributed by atoms with Crippen molar-refractivity contribution in [2.75, 3.05) is 23.8 Å². The largest absolute Gasteiger partial charge is 0.494 e. The molecule has 0 radical (unpaired) electrons. The van der Waals surface area contributed by atoms with Gasteiger partial charge in [0.2, 0.25) is 5.91 Å². The summed E-state index contributed by atoms with van der Waals surface area (Å²) in [6.07, 6.45) is 3.44. The summed E-state index contributed by atoms with van der Waals surface area (Å²) in [5, 5.41) is 15.0. The van der Waals surface area contributed by atoms with Crippen LogP contribution in [0.15, 0.2) is 72.1 Å². The maximum Gasteiger partial charge on any atom is 0.237 e. The summed E-state index contributed by atoms with van der Waals surface area (Å²) in [7, 11) is 0. The van der Waals surface area contributed by atoms with Gasteiger partial charge >= 0.3 is 0 Å². The number of rotatable bonds is 9. The van der Waals surface area contributed by atoms with Crippen LogP contribution in [0.2, 0.25) is 0 Å². The molecule has 0 fully saturated rings. The van der Waals surface area contributed by atoms with Crippen molar-refractivity contribution in [3.05, 3.63) is 67.1 Å². The number of hydrogen-bond donors (Lipinski definition) is 0. The molecule has 0 saturated heterocycles. The highest BCUT2D eigenvalue weighted by molar-refractivity contribution is 8.00. The Bertz CT molecular complexity index is 1270. The first-order chi connectivity index (χ1) is 16.2. The molecule has 4 aromatic rings. The summed E-state index contributed by atoms with van der Waals surface area (Å²) in [6.45, 7) is 2.80. The number of nitriles is 1. The van der Waals surface area contributed by atoms with Crippen LogP contribution in [0.25, 0.3) is 16.7 Å². The second kappa shape index (κ2) is 10.6. The van der Waals surface area contributed by atoms with E-state index in [0.717, 1.165) is 22.5 Å². The van der Waals surface area contributed by atoms with Gasteiger partial charge in [-0.15, -0.1) is 0 Å². The molecule has 2 heterocycles. The van der Waals surface area contributed by atoms with Crippen molar-refractivity contribution >= 4 is 34.4 Å². The van der Waals surface area contributed by atoms with Gasteiger partial charge < -0.3 is 9.64 Å². The van der Waals surface area contributed by atoms with Gasteiger partial charge in [0.25, 0.3) is 0 Å². The van der Waals surface area contributed by atoms with Crippen LogP contribution in [0.4, 0.5) is 5.69 Å². The predicted octanol–water partition coefficient (Wildman–Crippen LogP) is 4.25. The Morgan fingerprint density at radius 3 is 2.67 bits per heavy atom. The number of carbonyl (C=O) groups excluding carboxylic acids is 1. The minimum Gasteiger partial charge on any atom is -0.494 e. The van der Waals surface area contributed by atoms with Gasteiger partial charge in [-0.1, -0.05) is 30.0 Å². The van der Waals surface area contributed by atoms with Crippen LogP contribution in [0.3, 0.4) is 0 Å². The minimum absolute atomic E-state index is 0.110. The Morgan fingerprint density at radius 1 is 1.15 bits per heavy atom. The molecule has 166 valence electrons. The molecule has 0 unspecified atom stereocenters. The van der Waals surface area contributed by atoms with E-state index >= 15 is 0 Å². The van der Waals surface area contributed by atoms with E-state index in [1.807, 2.05) is 61.5 Å². The number of nitrogens with zero attached hydrogens (tertiary/aromatic N) is 6. The molecule has 0 saturated carbocycles. The second-order valence-electron chi connectivity index (χ2n) is 6.98. The number of benzene rings is 2. The number of hydrogen-bond acceptors (Lipinski definition) is 7. The number of thioether (sulfide) groups is 1. The predicted molar refractivity (Wildman–Crippen MR) is 128 cm³/mol. The van der Waals surface area contributed by atoms with Gasteiger partial charge in [-0.2, -0.15) is 10.4 Å². The number of fused-ring (bicyclic) bond motifs is 1. The van der Waals surface area contributed by atoms with Gasteiger partial charge in [0.1, 0.15) is 17.1 Å². The first-order valence-corrected chi connectivity index (χ1v) is 11.5. The summed E-state index contributed by atoms with van der Waals surface area (Å²) >= 11 is 1.33. The SMILES string of the molecule is CCOc1ccc(N(CCC#N)C(=O)CSc2ncnc3c2cnn3-c2ccccc2)cc1. The maximum atomic E-state index is 13.1. The van der Waals surface area contributed by atoms with E-state index in [1.54, 1.807) is 15.8 Å². The van der Waals surface area contributed by atoms with E-state index in [0.29, 0.717) is 23.8 Å². The Kier molecular flexibility index (Phi) is 7.17. The van der Waals surface area contributed by atoms with Crippen LogP contribution in [-0.2, 0) is 4.79 Å². The lowest BCUT2D eigenvalue weighted by atomic mass is 10.2. The molecule has 9 heteroatoms. The van der Waals surface area contributed by atoms with Gasteiger partial charge in [-0.3, -0.25) is 4.79 Å². The normalized spacial score (nSPS) is 10.7. The number of anilines is 1. The number of ether oxygens (including phenoxy) is 1. The zero-order chi connectivity index (χ0) is 23.0. The van der Waals surface area contributed by atoms with Gasteiger partial charge in [0, 0.05) is 12.2 Å². The molecule has 0 bridgehead atoms. The molecule has 33 heavy (non-hydrogen) atoms. The number of amides is 1. The third-order valence-electron chi connectivity index (χ3n) is 4.87. The van der Waals surface area contributed by atoms with Crippen molar-refractivity contribution in [3.63, 3.8) is 0 Å². The van der Waals surface area contributed by atoms with Crippen molar-refractivity contribution in [2.45, 2.75) is 18.4 Å². The molecule has 0 aliphatic heterocycles. The average Bonchev–Trinajstić information content (AvgIpc) is 3.29. The van der Waals surface area contributed by atoms with Gasteiger partial charge in [-0.05, 0) is 43.3 Å². The lowest BCUT2D eigenvalue weighted by Crippen LogP contribution is -2.33. The van der Waals surface area contributed by atoms with Crippen molar-refractivity contribution in [3.8, 4) is 17.5 Å². The monoisotopic (exact) mass is 458 g/mol. The molecule has 2 aromatic carbocycles. The molecule has 4 rings (SSSR count). The van der Waals surface area contributed by atoms with Crippen molar-refractivity contribution in [2.24, 2.45) is 0 Å². The molecule has 0 atom stereocenters. The highest BCUT2D eigenvalue weighted by Crippen LogP contribution is 2.27. The van der Waals surface area contributed by atoms with Crippen LogP contribution in [0.1, 0.15) is 13.3 Å². The summed E-state index contributed by atoms with van der Waals surface area (Å²) in [5.74, 6) is 0.796. The molecule has 0 N–H and O–H groups in total. The molecular weight excluding hydrogens is 436 g/mol. The van der Waals surface area contributed by atoms with Crippen LogP contribution in [-0.4, -0.2) is 44.6 Å². The van der Waals surface area contributed by atoms with E-state index < -0.39 is 0 Å². The lowest BCUT2D eigenvalue weighted by molar-refractivity contribution is -0.116. The van der Waals surface area contributed by atoms with Gasteiger partial charge in [0.15, 0.2) is 5.65 Å². The van der Waals surface area contributed by atoms with Gasteiger partial charge in [-0.25, -0.2) is 14.6 Å². The molecule has 1 amide bonds.